The second-order valence-electron chi connectivity index (χ2n) is 5.31. The third-order valence-corrected chi connectivity index (χ3v) is 4.66. The van der Waals surface area contributed by atoms with Gasteiger partial charge < -0.3 is 25.2 Å². The van der Waals surface area contributed by atoms with Gasteiger partial charge in [0.15, 0.2) is 6.10 Å². The normalized spacial score (nSPS) is 38.8. The number of alkyl halides is 1. The molecule has 0 bridgehead atoms. The van der Waals surface area contributed by atoms with Gasteiger partial charge in [-0.2, -0.15) is 0 Å². The molecule has 1 heterocycles. The zero-order chi connectivity index (χ0) is 13.0. The highest BCUT2D eigenvalue weighted by Crippen LogP contribution is 2.16. The maximum absolute atomic E-state index is 10.5. The van der Waals surface area contributed by atoms with Gasteiger partial charge in [0, 0.05) is 6.42 Å². The first-order valence-corrected chi connectivity index (χ1v) is 8.04. The van der Waals surface area contributed by atoms with Crippen molar-refractivity contribution in [3.05, 3.63) is 0 Å². The first-order chi connectivity index (χ1) is 8.74. The van der Waals surface area contributed by atoms with E-state index in [2.05, 4.69) is 21.2 Å². The summed E-state index contributed by atoms with van der Waals surface area (Å²) in [5.41, 5.74) is 0. The average molecular weight is 325 g/mol. The van der Waals surface area contributed by atoms with Crippen molar-refractivity contribution in [1.82, 2.24) is 0 Å². The van der Waals surface area contributed by atoms with Crippen molar-refractivity contribution in [2.75, 3.05) is 38.2 Å². The number of quaternary nitrogens is 2. The van der Waals surface area contributed by atoms with Gasteiger partial charge in [0.1, 0.15) is 31.3 Å². The number of rotatable bonds is 4. The van der Waals surface area contributed by atoms with Crippen LogP contribution in [0.4, 0.5) is 0 Å². The molecular weight excluding hydrogens is 300 g/mol. The number of aliphatic hydroxyl groups is 2. The van der Waals surface area contributed by atoms with E-state index >= 15 is 0 Å². The molecule has 1 saturated heterocycles. The van der Waals surface area contributed by atoms with Gasteiger partial charge in [-0.1, -0.05) is 15.9 Å². The molecule has 2 rings (SSSR count). The first-order valence-electron chi connectivity index (χ1n) is 6.91. The molecule has 0 unspecified atom stereocenters. The van der Waals surface area contributed by atoms with Gasteiger partial charge in [-0.15, -0.1) is 0 Å². The minimum absolute atomic E-state index is 0.0424. The molecule has 0 amide bonds. The van der Waals surface area contributed by atoms with Crippen molar-refractivity contribution in [3.8, 4) is 0 Å². The van der Waals surface area contributed by atoms with E-state index in [0.29, 0.717) is 0 Å². The molecule has 5 N–H and O–H groups in total. The lowest BCUT2D eigenvalue weighted by Crippen LogP contribution is -3.21. The number of morpholine rings is 1. The van der Waals surface area contributed by atoms with Crippen LogP contribution in [0.2, 0.25) is 0 Å². The highest BCUT2D eigenvalue weighted by molar-refractivity contribution is 9.09. The quantitative estimate of drug-likeness (QED) is 0.420. The molecule has 5 nitrogen and oxygen atoms in total. The Morgan fingerprint density at radius 2 is 1.94 bits per heavy atom. The molecule has 6 heteroatoms. The molecule has 0 spiro atoms. The van der Waals surface area contributed by atoms with Crippen molar-refractivity contribution in [1.29, 1.82) is 0 Å². The summed E-state index contributed by atoms with van der Waals surface area (Å²) in [6.45, 7) is 4.24. The molecule has 2 aliphatic rings. The Morgan fingerprint density at radius 1 is 1.22 bits per heavy atom. The zero-order valence-electron chi connectivity index (χ0n) is 10.7. The van der Waals surface area contributed by atoms with Crippen LogP contribution in [-0.4, -0.2) is 72.7 Å². The number of nitrogens with one attached hydrogen (secondary N) is 1. The van der Waals surface area contributed by atoms with Crippen molar-refractivity contribution in [2.24, 2.45) is 0 Å². The Bertz CT molecular complexity index is 249. The topological polar surface area (TPSA) is 70.7 Å². The van der Waals surface area contributed by atoms with E-state index in [-0.39, 0.29) is 18.2 Å². The number of halogens is 1. The van der Waals surface area contributed by atoms with E-state index in [1.165, 1.54) is 4.90 Å². The van der Waals surface area contributed by atoms with Crippen LogP contribution < -0.4 is 10.2 Å². The average Bonchev–Trinajstić information content (AvgIpc) is 2.39. The largest absolute Gasteiger partial charge is 0.387 e. The Labute approximate surface area is 117 Å². The van der Waals surface area contributed by atoms with E-state index in [4.69, 9.17) is 4.74 Å². The minimum Gasteiger partial charge on any atom is -0.387 e. The van der Waals surface area contributed by atoms with Gasteiger partial charge in [0.2, 0.25) is 0 Å². The Kier molecular flexibility index (Phi) is 5.85. The molecule has 106 valence electrons. The van der Waals surface area contributed by atoms with Crippen molar-refractivity contribution in [3.63, 3.8) is 0 Å². The lowest BCUT2D eigenvalue weighted by Gasteiger charge is -2.41. The molecular formula is C12H25BrN2O3+2. The fourth-order valence-corrected chi connectivity index (χ4v) is 3.49. The maximum atomic E-state index is 10.5. The number of ether oxygens (including phenoxy) is 1. The molecule has 18 heavy (non-hydrogen) atoms. The molecule has 1 saturated carbocycles. The lowest BCUT2D eigenvalue weighted by molar-refractivity contribution is -0.944. The summed E-state index contributed by atoms with van der Waals surface area (Å²) in [5.74, 6) is 0. The van der Waals surface area contributed by atoms with Gasteiger partial charge >= 0.3 is 0 Å². The maximum Gasteiger partial charge on any atom is 0.160 e. The van der Waals surface area contributed by atoms with E-state index in [9.17, 15) is 10.2 Å². The van der Waals surface area contributed by atoms with Gasteiger partial charge in [-0.05, 0) is 6.42 Å². The van der Waals surface area contributed by atoms with Gasteiger partial charge in [0.25, 0.3) is 0 Å². The van der Waals surface area contributed by atoms with E-state index in [1.54, 1.807) is 0 Å². The van der Waals surface area contributed by atoms with Crippen LogP contribution in [0, 0.1) is 0 Å². The molecule has 4 atom stereocenters. The number of hydrogen-bond donors (Lipinski definition) is 4. The fourth-order valence-electron chi connectivity index (χ4n) is 3.22. The van der Waals surface area contributed by atoms with Crippen LogP contribution in [0.15, 0.2) is 0 Å². The number of aliphatic hydroxyl groups excluding tert-OH is 2. The monoisotopic (exact) mass is 324 g/mol. The van der Waals surface area contributed by atoms with Crippen LogP contribution in [0.3, 0.4) is 0 Å². The van der Waals surface area contributed by atoms with Crippen LogP contribution >= 0.6 is 15.9 Å². The second-order valence-corrected chi connectivity index (χ2v) is 6.10. The second kappa shape index (κ2) is 7.17. The van der Waals surface area contributed by atoms with E-state index < -0.39 is 6.10 Å². The van der Waals surface area contributed by atoms with E-state index in [1.807, 2.05) is 0 Å². The third-order valence-electron chi connectivity index (χ3n) is 4.20. The summed E-state index contributed by atoms with van der Waals surface area (Å²) in [6.07, 6.45) is 0.910. The van der Waals surface area contributed by atoms with Gasteiger partial charge in [0.05, 0.1) is 25.1 Å². The van der Waals surface area contributed by atoms with Crippen LogP contribution in [0.5, 0.6) is 0 Å². The highest BCUT2D eigenvalue weighted by Gasteiger charge is 2.46. The standard InChI is InChI=1S/C12H23BrN2O3/c13-3-4-14-9-1-2-10(16)11(12(9)17)15-5-7-18-8-6-15/h9-12,14,16-17H,1-8H2/p+2/t9-,10+,11-,12+/m0/s1. The lowest BCUT2D eigenvalue weighted by atomic mass is 9.84. The van der Waals surface area contributed by atoms with E-state index in [0.717, 1.165) is 51.0 Å². The Hall–Kier alpha value is 0.280. The first kappa shape index (κ1) is 14.7. The predicted octanol–water partition coefficient (Wildman–Crippen LogP) is -2.89. The summed E-state index contributed by atoms with van der Waals surface area (Å²) in [7, 11) is 0. The zero-order valence-corrected chi connectivity index (χ0v) is 12.3. The van der Waals surface area contributed by atoms with Gasteiger partial charge in [-0.3, -0.25) is 0 Å². The van der Waals surface area contributed by atoms with Crippen LogP contribution in [0.25, 0.3) is 0 Å². The molecule has 1 aliphatic carbocycles. The van der Waals surface area contributed by atoms with Crippen molar-refractivity contribution in [2.45, 2.75) is 37.1 Å². The predicted molar refractivity (Wildman–Crippen MR) is 70.9 cm³/mol. The molecule has 2 fully saturated rings. The third kappa shape index (κ3) is 3.43. The highest BCUT2D eigenvalue weighted by atomic mass is 79.9. The Morgan fingerprint density at radius 3 is 2.61 bits per heavy atom. The summed E-state index contributed by atoms with van der Waals surface area (Å²) < 4.78 is 5.35. The molecule has 0 aromatic heterocycles. The molecule has 1 aliphatic heterocycles. The summed E-state index contributed by atoms with van der Waals surface area (Å²) in [5, 5.41) is 23.8. The van der Waals surface area contributed by atoms with Crippen molar-refractivity contribution < 1.29 is 25.2 Å². The van der Waals surface area contributed by atoms with Crippen molar-refractivity contribution >= 4 is 15.9 Å². The molecule has 0 radical (unpaired) electrons. The van der Waals surface area contributed by atoms with Crippen LogP contribution in [0.1, 0.15) is 12.8 Å². The fraction of sp³-hybridized carbons (Fsp3) is 1.00. The molecule has 0 aromatic carbocycles. The van der Waals surface area contributed by atoms with Gasteiger partial charge in [-0.25, -0.2) is 0 Å². The number of nitrogens with two attached hydrogens (primary N) is 1. The minimum atomic E-state index is -0.416. The molecule has 0 aromatic rings. The Balaban J connectivity index is 1.96. The number of hydrogen-bond acceptors (Lipinski definition) is 3. The summed E-state index contributed by atoms with van der Waals surface area (Å²) in [6, 6.07) is 0.186. The SMILES string of the molecule is O[C@H]1[C@@H]([NH+]2CCOCC2)[C@H](O)CC[C@@H]1[NH2+]CCBr. The van der Waals surface area contributed by atoms with Crippen LogP contribution in [-0.2, 0) is 4.74 Å². The smallest absolute Gasteiger partial charge is 0.160 e. The summed E-state index contributed by atoms with van der Waals surface area (Å²) in [4.78, 5) is 1.30. The summed E-state index contributed by atoms with van der Waals surface area (Å²) >= 11 is 3.42.